The Morgan fingerprint density at radius 2 is 2.19 bits per heavy atom. The summed E-state index contributed by atoms with van der Waals surface area (Å²) in [6.45, 7) is 2.56. The maximum Gasteiger partial charge on any atom is 0.214 e. The fourth-order valence-electron chi connectivity index (χ4n) is 1.87. The molecule has 1 aliphatic rings. The molecule has 0 aromatic heterocycles. The second kappa shape index (κ2) is 6.01. The van der Waals surface area contributed by atoms with E-state index >= 15 is 0 Å². The Kier molecular flexibility index (Phi) is 4.95. The molecule has 6 heteroatoms. The molecule has 0 aliphatic carbocycles. The number of hydrogen-bond donors (Lipinski definition) is 1. The summed E-state index contributed by atoms with van der Waals surface area (Å²) in [5.74, 6) is -0.269. The average Bonchev–Trinajstić information content (AvgIpc) is 2.72. The second-order valence-corrected chi connectivity index (χ2v) is 3.93. The van der Waals surface area contributed by atoms with Crippen LogP contribution in [0.4, 0.5) is 0 Å². The molecule has 1 rings (SSSR count). The van der Waals surface area contributed by atoms with Gasteiger partial charge in [0.1, 0.15) is 5.78 Å². The number of hydrogen-bond acceptors (Lipinski definition) is 4. The van der Waals surface area contributed by atoms with E-state index in [-0.39, 0.29) is 36.6 Å². The van der Waals surface area contributed by atoms with Crippen molar-refractivity contribution in [1.82, 2.24) is 10.2 Å². The van der Waals surface area contributed by atoms with E-state index in [2.05, 4.69) is 5.32 Å². The summed E-state index contributed by atoms with van der Waals surface area (Å²) in [5.41, 5.74) is 0. The van der Waals surface area contributed by atoms with Crippen LogP contribution in [0.15, 0.2) is 0 Å². The van der Waals surface area contributed by atoms with E-state index < -0.39 is 0 Å². The molecule has 88 valence electrons. The molecule has 0 bridgehead atoms. The van der Waals surface area contributed by atoms with Crippen LogP contribution < -0.4 is 5.32 Å². The van der Waals surface area contributed by atoms with E-state index in [0.29, 0.717) is 13.2 Å². The number of amides is 1. The molecule has 1 saturated heterocycles. The molecule has 0 aromatic rings. The monoisotopic (exact) mass is 224 g/mol. The summed E-state index contributed by atoms with van der Waals surface area (Å²) in [6, 6.07) is -0.0419. The van der Waals surface area contributed by atoms with Crippen molar-refractivity contribution in [2.45, 2.75) is 25.3 Å². The minimum Gasteiger partial charge on any atom is -0.378 e. The van der Waals surface area contributed by atoms with Gasteiger partial charge in [0.15, 0.2) is 0 Å². The first-order valence-corrected chi connectivity index (χ1v) is 5.34. The Hall–Kier alpha value is -0.875. The average molecular weight is 224 g/mol. The number of rotatable bonds is 5. The van der Waals surface area contributed by atoms with Gasteiger partial charge in [0, 0.05) is 0 Å². The van der Waals surface area contributed by atoms with Crippen molar-refractivity contribution >= 4 is 19.5 Å². The van der Waals surface area contributed by atoms with Crippen LogP contribution in [-0.2, 0) is 14.3 Å². The third kappa shape index (κ3) is 3.06. The van der Waals surface area contributed by atoms with E-state index in [9.17, 15) is 9.59 Å². The van der Waals surface area contributed by atoms with E-state index in [0.717, 1.165) is 0 Å². The molecule has 1 fully saturated rings. The van der Waals surface area contributed by atoms with Crippen molar-refractivity contribution < 1.29 is 14.3 Å². The lowest BCUT2D eigenvalue weighted by Crippen LogP contribution is -2.52. The Labute approximate surface area is 96.9 Å². The number of Topliss-reactive ketones (excluding diaryl/α,β-unsaturated/α-hetero) is 1. The molecule has 2 radical (unpaired) electrons. The number of carbonyl (C=O) groups excluding carboxylic acids is 2. The largest absolute Gasteiger partial charge is 0.378 e. The molecule has 0 aromatic carbocycles. The number of nitrogens with one attached hydrogen (secondary N) is 1. The Balaban J connectivity index is 2.74. The zero-order chi connectivity index (χ0) is 12.1. The van der Waals surface area contributed by atoms with Crippen LogP contribution >= 0.6 is 0 Å². The fourth-order valence-corrected chi connectivity index (χ4v) is 1.87. The lowest BCUT2D eigenvalue weighted by molar-refractivity contribution is -0.135. The van der Waals surface area contributed by atoms with Gasteiger partial charge in [-0.3, -0.25) is 9.59 Å². The highest BCUT2D eigenvalue weighted by atomic mass is 16.5. The molecule has 1 heterocycles. The minimum atomic E-state index is -0.217. The SMILES string of the molecule is [B]CC(=O)N(CC(C)=O)C1COCC1NC. The van der Waals surface area contributed by atoms with Gasteiger partial charge in [-0.15, -0.1) is 0 Å². The molecular formula is C10H17BN2O3. The first kappa shape index (κ1) is 13.2. The zero-order valence-corrected chi connectivity index (χ0v) is 9.73. The van der Waals surface area contributed by atoms with Crippen LogP contribution in [0.1, 0.15) is 6.92 Å². The lowest BCUT2D eigenvalue weighted by atomic mass is 10.0. The first-order valence-electron chi connectivity index (χ1n) is 5.34. The van der Waals surface area contributed by atoms with Crippen LogP contribution in [0.3, 0.4) is 0 Å². The summed E-state index contributed by atoms with van der Waals surface area (Å²) in [7, 11) is 7.15. The van der Waals surface area contributed by atoms with Gasteiger partial charge in [-0.1, -0.05) is 0 Å². The fraction of sp³-hybridized carbons (Fsp3) is 0.800. The van der Waals surface area contributed by atoms with Gasteiger partial charge in [-0.25, -0.2) is 0 Å². The number of nitrogens with zero attached hydrogens (tertiary/aromatic N) is 1. The molecule has 5 nitrogen and oxygen atoms in total. The summed E-state index contributed by atoms with van der Waals surface area (Å²) in [5, 5.41) is 3.08. The molecule has 0 saturated carbocycles. The quantitative estimate of drug-likeness (QED) is 0.607. The molecule has 2 unspecified atom stereocenters. The molecule has 0 spiro atoms. The van der Waals surface area contributed by atoms with Gasteiger partial charge in [0.05, 0.1) is 39.7 Å². The molecule has 16 heavy (non-hydrogen) atoms. The third-order valence-corrected chi connectivity index (χ3v) is 2.71. The summed E-state index contributed by atoms with van der Waals surface area (Å²) in [6.07, 6.45) is -0.0831. The summed E-state index contributed by atoms with van der Waals surface area (Å²) < 4.78 is 5.31. The molecule has 1 amide bonds. The minimum absolute atomic E-state index is 0.0523. The molecular weight excluding hydrogens is 207 g/mol. The van der Waals surface area contributed by atoms with E-state index in [4.69, 9.17) is 12.6 Å². The Morgan fingerprint density at radius 3 is 2.69 bits per heavy atom. The Bertz CT molecular complexity index is 273. The van der Waals surface area contributed by atoms with Crippen LogP contribution in [0.2, 0.25) is 6.32 Å². The van der Waals surface area contributed by atoms with Crippen LogP contribution in [0, 0.1) is 0 Å². The maximum atomic E-state index is 11.7. The number of ether oxygens (including phenoxy) is 1. The van der Waals surface area contributed by atoms with Gasteiger partial charge in [-0.2, -0.15) is 0 Å². The first-order chi connectivity index (χ1) is 7.60. The predicted octanol–water partition coefficient (Wildman–Crippen LogP) is -1.02. The van der Waals surface area contributed by atoms with Crippen LogP contribution in [0.5, 0.6) is 0 Å². The number of carbonyl (C=O) groups is 2. The van der Waals surface area contributed by atoms with Crippen molar-refractivity contribution in [3.05, 3.63) is 0 Å². The topological polar surface area (TPSA) is 58.6 Å². The van der Waals surface area contributed by atoms with Crippen LogP contribution in [-0.4, -0.2) is 63.3 Å². The lowest BCUT2D eigenvalue weighted by Gasteiger charge is -2.30. The van der Waals surface area contributed by atoms with E-state index in [1.165, 1.54) is 11.8 Å². The number of ketones is 1. The highest BCUT2D eigenvalue weighted by Crippen LogP contribution is 2.14. The second-order valence-electron chi connectivity index (χ2n) is 3.93. The standard InChI is InChI=1S/C10H17BN2O3/c1-7(14)4-13(10(15)3-11)9-6-16-5-8(9)12-2/h8-9,12H,3-6H2,1-2H3. The molecule has 2 atom stereocenters. The normalized spacial score (nSPS) is 24.4. The van der Waals surface area contributed by atoms with E-state index in [1.54, 1.807) is 0 Å². The highest BCUT2D eigenvalue weighted by molar-refractivity contribution is 6.19. The van der Waals surface area contributed by atoms with Crippen molar-refractivity contribution in [2.24, 2.45) is 0 Å². The predicted molar refractivity (Wildman–Crippen MR) is 60.4 cm³/mol. The van der Waals surface area contributed by atoms with Crippen molar-refractivity contribution in [2.75, 3.05) is 26.8 Å². The van der Waals surface area contributed by atoms with Gasteiger partial charge in [0.25, 0.3) is 0 Å². The van der Waals surface area contributed by atoms with Crippen LogP contribution in [0.25, 0.3) is 0 Å². The van der Waals surface area contributed by atoms with Gasteiger partial charge in [-0.05, 0) is 20.3 Å². The summed E-state index contributed by atoms with van der Waals surface area (Å²) in [4.78, 5) is 24.3. The smallest absolute Gasteiger partial charge is 0.214 e. The highest BCUT2D eigenvalue weighted by Gasteiger charge is 2.34. The third-order valence-electron chi connectivity index (χ3n) is 2.71. The van der Waals surface area contributed by atoms with Crippen molar-refractivity contribution in [1.29, 1.82) is 0 Å². The van der Waals surface area contributed by atoms with Gasteiger partial charge >= 0.3 is 0 Å². The van der Waals surface area contributed by atoms with Gasteiger partial charge in [0.2, 0.25) is 5.91 Å². The number of likely N-dealkylation sites (N-methyl/N-ethyl adjacent to an activating group) is 1. The van der Waals surface area contributed by atoms with Gasteiger partial charge < -0.3 is 15.0 Å². The Morgan fingerprint density at radius 1 is 1.50 bits per heavy atom. The molecule has 1 aliphatic heterocycles. The van der Waals surface area contributed by atoms with Crippen molar-refractivity contribution in [3.63, 3.8) is 0 Å². The maximum absolute atomic E-state index is 11.7. The van der Waals surface area contributed by atoms with Crippen molar-refractivity contribution in [3.8, 4) is 0 Å². The zero-order valence-electron chi connectivity index (χ0n) is 9.73. The molecule has 1 N–H and O–H groups in total. The summed E-state index contributed by atoms with van der Waals surface area (Å²) >= 11 is 0. The van der Waals surface area contributed by atoms with E-state index in [1.807, 2.05) is 7.05 Å².